The van der Waals surface area contributed by atoms with Gasteiger partial charge in [-0.05, 0) is 42.8 Å². The highest BCUT2D eigenvalue weighted by molar-refractivity contribution is 6.10. The van der Waals surface area contributed by atoms with E-state index >= 15 is 0 Å². The number of esters is 1. The first-order chi connectivity index (χ1) is 13.5. The molecule has 7 nitrogen and oxygen atoms in total. The molecule has 3 rings (SSSR count). The fourth-order valence-electron chi connectivity index (χ4n) is 2.49. The van der Waals surface area contributed by atoms with Gasteiger partial charge >= 0.3 is 5.97 Å². The normalized spacial score (nSPS) is 10.2. The molecule has 28 heavy (non-hydrogen) atoms. The molecule has 7 heteroatoms. The molecule has 0 aliphatic rings. The number of para-hydroxylation sites is 1. The van der Waals surface area contributed by atoms with E-state index in [1.54, 1.807) is 30.3 Å². The van der Waals surface area contributed by atoms with Gasteiger partial charge in [0.25, 0.3) is 11.8 Å². The predicted octanol–water partition coefficient (Wildman–Crippen LogP) is 3.64. The Morgan fingerprint density at radius 2 is 1.82 bits per heavy atom. The lowest BCUT2D eigenvalue weighted by molar-refractivity contribution is -0.119. The van der Waals surface area contributed by atoms with Gasteiger partial charge in [-0.3, -0.25) is 9.59 Å². The highest BCUT2D eigenvalue weighted by Gasteiger charge is 2.15. The second kappa shape index (κ2) is 8.68. The lowest BCUT2D eigenvalue weighted by Gasteiger charge is -2.12. The number of rotatable bonds is 6. The maximum Gasteiger partial charge on any atom is 0.341 e. The summed E-state index contributed by atoms with van der Waals surface area (Å²) in [5.74, 6) is -1.60. The minimum absolute atomic E-state index is 0.214. The van der Waals surface area contributed by atoms with Crippen molar-refractivity contribution in [3.63, 3.8) is 0 Å². The lowest BCUT2D eigenvalue weighted by atomic mass is 10.1. The first kappa shape index (κ1) is 18.9. The van der Waals surface area contributed by atoms with Crippen LogP contribution in [0.25, 0.3) is 0 Å². The molecule has 0 spiro atoms. The average Bonchev–Trinajstić information content (AvgIpc) is 3.21. The van der Waals surface area contributed by atoms with Crippen LogP contribution in [0.1, 0.15) is 26.3 Å². The van der Waals surface area contributed by atoms with Crippen LogP contribution in [0.2, 0.25) is 0 Å². The molecule has 1 heterocycles. The van der Waals surface area contributed by atoms with Gasteiger partial charge < -0.3 is 19.8 Å². The van der Waals surface area contributed by atoms with Gasteiger partial charge in [-0.1, -0.05) is 24.3 Å². The van der Waals surface area contributed by atoms with Crippen molar-refractivity contribution in [1.82, 2.24) is 0 Å². The summed E-state index contributed by atoms with van der Waals surface area (Å²) in [5.41, 5.74) is 2.49. The van der Waals surface area contributed by atoms with Crippen molar-refractivity contribution in [2.75, 3.05) is 17.2 Å². The van der Waals surface area contributed by atoms with E-state index in [9.17, 15) is 14.4 Å². The van der Waals surface area contributed by atoms with E-state index in [4.69, 9.17) is 9.15 Å². The Morgan fingerprint density at radius 1 is 1.00 bits per heavy atom. The quantitative estimate of drug-likeness (QED) is 0.638. The van der Waals surface area contributed by atoms with E-state index in [1.807, 2.05) is 25.1 Å². The van der Waals surface area contributed by atoms with Crippen LogP contribution in [-0.4, -0.2) is 24.4 Å². The van der Waals surface area contributed by atoms with Crippen molar-refractivity contribution in [1.29, 1.82) is 0 Å². The molecule has 1 aromatic heterocycles. The SMILES string of the molecule is Cc1cccc(NC(=O)c2ccccc2NC(=O)COC(=O)c2ccoc2)c1. The summed E-state index contributed by atoms with van der Waals surface area (Å²) in [5, 5.41) is 5.38. The van der Waals surface area contributed by atoms with Gasteiger partial charge in [0.05, 0.1) is 23.1 Å². The first-order valence-electron chi connectivity index (χ1n) is 8.49. The van der Waals surface area contributed by atoms with Crippen LogP contribution in [0.15, 0.2) is 71.5 Å². The topological polar surface area (TPSA) is 97.6 Å². The van der Waals surface area contributed by atoms with E-state index in [0.717, 1.165) is 5.56 Å². The molecule has 0 saturated carbocycles. The maximum absolute atomic E-state index is 12.6. The fourth-order valence-corrected chi connectivity index (χ4v) is 2.49. The highest BCUT2D eigenvalue weighted by Crippen LogP contribution is 2.18. The van der Waals surface area contributed by atoms with Gasteiger partial charge in [0.15, 0.2) is 6.61 Å². The molecule has 2 amide bonds. The number of furan rings is 1. The van der Waals surface area contributed by atoms with Crippen LogP contribution in [-0.2, 0) is 9.53 Å². The largest absolute Gasteiger partial charge is 0.472 e. The minimum atomic E-state index is -0.672. The number of hydrogen-bond donors (Lipinski definition) is 2. The standard InChI is InChI=1S/C21H18N2O5/c1-14-5-4-6-16(11-14)22-20(25)17-7-2-3-8-18(17)23-19(24)13-28-21(26)15-9-10-27-12-15/h2-12H,13H2,1H3,(H,22,25)(H,23,24). The van der Waals surface area contributed by atoms with Crippen molar-refractivity contribution < 1.29 is 23.5 Å². The molecule has 0 fully saturated rings. The average molecular weight is 378 g/mol. The second-order valence-corrected chi connectivity index (χ2v) is 6.01. The van der Waals surface area contributed by atoms with E-state index in [0.29, 0.717) is 16.9 Å². The number of benzene rings is 2. The molecule has 0 aliphatic heterocycles. The number of hydrogen-bond acceptors (Lipinski definition) is 5. The molecule has 3 aromatic rings. The van der Waals surface area contributed by atoms with Crippen molar-refractivity contribution in [3.8, 4) is 0 Å². The van der Waals surface area contributed by atoms with Crippen LogP contribution in [0.5, 0.6) is 0 Å². The second-order valence-electron chi connectivity index (χ2n) is 6.01. The third kappa shape index (κ3) is 4.85. The Bertz CT molecular complexity index is 996. The van der Waals surface area contributed by atoms with Gasteiger partial charge in [-0.2, -0.15) is 0 Å². The van der Waals surface area contributed by atoms with Crippen molar-refractivity contribution in [2.24, 2.45) is 0 Å². The van der Waals surface area contributed by atoms with Crippen LogP contribution in [0, 0.1) is 6.92 Å². The Hall–Kier alpha value is -3.87. The maximum atomic E-state index is 12.6. The molecular formula is C21H18N2O5. The van der Waals surface area contributed by atoms with Crippen LogP contribution in [0.4, 0.5) is 11.4 Å². The molecule has 2 N–H and O–H groups in total. The number of nitrogens with one attached hydrogen (secondary N) is 2. The number of carbonyl (C=O) groups is 3. The number of amides is 2. The summed E-state index contributed by atoms with van der Waals surface area (Å²) in [6.45, 7) is 1.44. The molecule has 0 atom stereocenters. The highest BCUT2D eigenvalue weighted by atomic mass is 16.5. The number of anilines is 2. The molecule has 0 radical (unpaired) electrons. The van der Waals surface area contributed by atoms with Gasteiger partial charge in [0.1, 0.15) is 6.26 Å². The summed E-state index contributed by atoms with van der Waals surface area (Å²) >= 11 is 0. The molecular weight excluding hydrogens is 360 g/mol. The summed E-state index contributed by atoms with van der Waals surface area (Å²) in [7, 11) is 0. The molecule has 2 aromatic carbocycles. The van der Waals surface area contributed by atoms with Gasteiger partial charge in [0.2, 0.25) is 0 Å². The molecule has 0 unspecified atom stereocenters. The predicted molar refractivity (Wildman–Crippen MR) is 103 cm³/mol. The fraction of sp³-hybridized carbons (Fsp3) is 0.0952. The number of carbonyl (C=O) groups excluding carboxylic acids is 3. The Balaban J connectivity index is 1.63. The Kier molecular flexibility index (Phi) is 5.86. The van der Waals surface area contributed by atoms with Crippen molar-refractivity contribution >= 4 is 29.2 Å². The van der Waals surface area contributed by atoms with E-state index in [-0.39, 0.29) is 11.5 Å². The number of aryl methyl sites for hydroxylation is 1. The van der Waals surface area contributed by atoms with E-state index in [2.05, 4.69) is 10.6 Å². The Morgan fingerprint density at radius 3 is 2.57 bits per heavy atom. The summed E-state index contributed by atoms with van der Waals surface area (Å²) in [4.78, 5) is 36.5. The van der Waals surface area contributed by atoms with Crippen LogP contribution < -0.4 is 10.6 Å². The summed E-state index contributed by atoms with van der Waals surface area (Å²) < 4.78 is 9.71. The van der Waals surface area contributed by atoms with Crippen LogP contribution >= 0.6 is 0 Å². The number of ether oxygens (including phenoxy) is 1. The molecule has 0 saturated heterocycles. The minimum Gasteiger partial charge on any atom is -0.472 e. The Labute approximate surface area is 161 Å². The zero-order valence-electron chi connectivity index (χ0n) is 15.1. The third-order valence-electron chi connectivity index (χ3n) is 3.81. The van der Waals surface area contributed by atoms with Gasteiger partial charge in [-0.15, -0.1) is 0 Å². The van der Waals surface area contributed by atoms with E-state index in [1.165, 1.54) is 18.6 Å². The zero-order chi connectivity index (χ0) is 19.9. The lowest BCUT2D eigenvalue weighted by Crippen LogP contribution is -2.23. The van der Waals surface area contributed by atoms with E-state index < -0.39 is 18.5 Å². The first-order valence-corrected chi connectivity index (χ1v) is 8.49. The molecule has 0 bridgehead atoms. The van der Waals surface area contributed by atoms with Crippen molar-refractivity contribution in [2.45, 2.75) is 6.92 Å². The van der Waals surface area contributed by atoms with Crippen LogP contribution in [0.3, 0.4) is 0 Å². The monoisotopic (exact) mass is 378 g/mol. The van der Waals surface area contributed by atoms with Gasteiger partial charge in [0, 0.05) is 5.69 Å². The third-order valence-corrected chi connectivity index (χ3v) is 3.81. The molecule has 0 aliphatic carbocycles. The van der Waals surface area contributed by atoms with Crippen molar-refractivity contribution in [3.05, 3.63) is 83.8 Å². The zero-order valence-corrected chi connectivity index (χ0v) is 15.1. The molecule has 142 valence electrons. The smallest absolute Gasteiger partial charge is 0.341 e. The summed E-state index contributed by atoms with van der Waals surface area (Å²) in [6.07, 6.45) is 2.56. The van der Waals surface area contributed by atoms with Gasteiger partial charge in [-0.25, -0.2) is 4.79 Å². The summed E-state index contributed by atoms with van der Waals surface area (Å²) in [6, 6.07) is 15.4.